The van der Waals surface area contributed by atoms with E-state index in [1.54, 1.807) is 29.2 Å². The lowest BCUT2D eigenvalue weighted by Crippen LogP contribution is -2.36. The topological polar surface area (TPSA) is 78.0 Å². The third-order valence-electron chi connectivity index (χ3n) is 6.96. The van der Waals surface area contributed by atoms with Crippen LogP contribution in [0.25, 0.3) is 0 Å². The molecule has 1 aliphatic carbocycles. The molecule has 1 unspecified atom stereocenters. The number of esters is 1. The Hall–Kier alpha value is -3.08. The zero-order valence-corrected chi connectivity index (χ0v) is 24.7. The van der Waals surface area contributed by atoms with Crippen molar-refractivity contribution in [3.05, 3.63) is 87.7 Å². The number of hydrogen-bond donors (Lipinski definition) is 0. The maximum Gasteiger partial charge on any atom is 0.387 e. The van der Waals surface area contributed by atoms with Gasteiger partial charge in [0.15, 0.2) is 11.5 Å². The number of alkyl halides is 2. The van der Waals surface area contributed by atoms with Gasteiger partial charge in [-0.05, 0) is 54.2 Å². The number of ether oxygens (including phenoxy) is 3. The molecule has 2 aliphatic rings. The van der Waals surface area contributed by atoms with E-state index in [1.807, 2.05) is 6.07 Å². The van der Waals surface area contributed by atoms with E-state index in [-0.39, 0.29) is 40.3 Å². The Bertz CT molecular complexity index is 1390. The summed E-state index contributed by atoms with van der Waals surface area (Å²) < 4.78 is 42.7. The predicted octanol–water partition coefficient (Wildman–Crippen LogP) is 7.21. The summed E-state index contributed by atoms with van der Waals surface area (Å²) in [6.07, 6.45) is 4.03. The van der Waals surface area contributed by atoms with Crippen molar-refractivity contribution in [3.63, 3.8) is 0 Å². The monoisotopic (exact) mass is 636 g/mol. The molecule has 2 atom stereocenters. The summed E-state index contributed by atoms with van der Waals surface area (Å²) in [7, 11) is 0. The fourth-order valence-electron chi connectivity index (χ4n) is 4.59. The standard InChI is InChI=1S/C30H28Cl2F2N2O5S/c31-22-15-35-16-23(32)21(22)13-25(20-8-9-24(41-30(33)34)26(12-20)39-17-18-6-7-18)40-28(37)14-27-36(10-11-42-27)29(38)19-4-2-1-3-5-19/h1-5,8-9,12,15-16,18,25,27,30H,6-7,10-11,13-14,17H2/t25-,27?/m0/s1. The zero-order chi connectivity index (χ0) is 29.6. The summed E-state index contributed by atoms with van der Waals surface area (Å²) in [4.78, 5) is 32.1. The summed E-state index contributed by atoms with van der Waals surface area (Å²) in [6.45, 7) is -2.16. The van der Waals surface area contributed by atoms with Gasteiger partial charge in [-0.25, -0.2) is 0 Å². The number of pyridine rings is 1. The molecule has 3 aromatic rings. The number of hydrogen-bond acceptors (Lipinski definition) is 7. The van der Waals surface area contributed by atoms with Gasteiger partial charge >= 0.3 is 12.6 Å². The van der Waals surface area contributed by atoms with Crippen LogP contribution in [0.15, 0.2) is 60.9 Å². The first kappa shape index (κ1) is 30.4. The molecule has 222 valence electrons. The van der Waals surface area contributed by atoms with Gasteiger partial charge in [0.2, 0.25) is 0 Å². The minimum Gasteiger partial charge on any atom is -0.489 e. The Kier molecular flexibility index (Phi) is 10.1. The summed E-state index contributed by atoms with van der Waals surface area (Å²) in [5, 5.41) is 0.174. The normalized spacial score (nSPS) is 17.3. The Balaban J connectivity index is 1.38. The molecule has 2 aromatic carbocycles. The van der Waals surface area contributed by atoms with Crippen molar-refractivity contribution in [1.29, 1.82) is 0 Å². The fraction of sp³-hybridized carbons (Fsp3) is 0.367. The van der Waals surface area contributed by atoms with Crippen LogP contribution in [0, 0.1) is 5.92 Å². The van der Waals surface area contributed by atoms with Crippen LogP contribution in [0.4, 0.5) is 8.78 Å². The number of nitrogens with zero attached hydrogens (tertiary/aromatic N) is 2. The highest BCUT2D eigenvalue weighted by atomic mass is 35.5. The van der Waals surface area contributed by atoms with Gasteiger partial charge in [-0.3, -0.25) is 14.6 Å². The van der Waals surface area contributed by atoms with Crippen LogP contribution in [-0.2, 0) is 16.0 Å². The summed E-state index contributed by atoms with van der Waals surface area (Å²) in [6, 6.07) is 13.3. The predicted molar refractivity (Wildman–Crippen MR) is 156 cm³/mol. The SMILES string of the molecule is O=C(CC1SCCN1C(=O)c1ccccc1)O[C@@H](Cc1c(Cl)cncc1Cl)c1ccc(OC(F)F)c(OCC2CC2)c1. The van der Waals surface area contributed by atoms with Gasteiger partial charge in [0.25, 0.3) is 5.91 Å². The number of benzene rings is 2. The molecule has 1 saturated carbocycles. The van der Waals surface area contributed by atoms with E-state index in [1.165, 1.54) is 42.4 Å². The lowest BCUT2D eigenvalue weighted by atomic mass is 10.0. The molecule has 42 heavy (non-hydrogen) atoms. The van der Waals surface area contributed by atoms with Crippen LogP contribution in [0.5, 0.6) is 11.5 Å². The Morgan fingerprint density at radius 1 is 1.05 bits per heavy atom. The van der Waals surface area contributed by atoms with Gasteiger partial charge in [-0.1, -0.05) is 47.5 Å². The third kappa shape index (κ3) is 7.85. The molecule has 0 bridgehead atoms. The summed E-state index contributed by atoms with van der Waals surface area (Å²) in [5.41, 5.74) is 1.54. The summed E-state index contributed by atoms with van der Waals surface area (Å²) in [5.74, 6) is 0.365. The van der Waals surface area contributed by atoms with E-state index in [2.05, 4.69) is 9.72 Å². The van der Waals surface area contributed by atoms with Crippen LogP contribution in [-0.4, -0.2) is 52.7 Å². The maximum atomic E-state index is 13.4. The molecule has 2 heterocycles. The zero-order valence-electron chi connectivity index (χ0n) is 22.4. The first-order valence-electron chi connectivity index (χ1n) is 13.4. The minimum absolute atomic E-state index is 0.0465. The van der Waals surface area contributed by atoms with Crippen LogP contribution < -0.4 is 9.47 Å². The molecule has 0 N–H and O–H groups in total. The number of amides is 1. The number of carbonyl (C=O) groups excluding carboxylic acids is 2. The molecular formula is C30H28Cl2F2N2O5S. The second-order valence-corrected chi connectivity index (χ2v) is 12.1. The molecule has 1 aromatic heterocycles. The van der Waals surface area contributed by atoms with Crippen LogP contribution >= 0.6 is 35.0 Å². The van der Waals surface area contributed by atoms with Crippen molar-refractivity contribution in [2.75, 3.05) is 18.9 Å². The molecule has 1 aliphatic heterocycles. The van der Waals surface area contributed by atoms with Crippen molar-refractivity contribution < 1.29 is 32.6 Å². The number of halogens is 4. The summed E-state index contributed by atoms with van der Waals surface area (Å²) >= 11 is 14.3. The van der Waals surface area contributed by atoms with Crippen molar-refractivity contribution in [3.8, 4) is 11.5 Å². The molecule has 1 amide bonds. The second kappa shape index (κ2) is 13.9. The smallest absolute Gasteiger partial charge is 0.387 e. The van der Waals surface area contributed by atoms with E-state index in [0.717, 1.165) is 12.8 Å². The first-order valence-corrected chi connectivity index (χ1v) is 15.3. The molecule has 1 saturated heterocycles. The molecule has 12 heteroatoms. The van der Waals surface area contributed by atoms with E-state index in [9.17, 15) is 18.4 Å². The number of aromatic nitrogens is 1. The Labute approximate surface area is 256 Å². The van der Waals surface area contributed by atoms with Crippen molar-refractivity contribution in [1.82, 2.24) is 9.88 Å². The van der Waals surface area contributed by atoms with Crippen LogP contribution in [0.3, 0.4) is 0 Å². The van der Waals surface area contributed by atoms with Crippen molar-refractivity contribution >= 4 is 46.8 Å². The highest BCUT2D eigenvalue weighted by Crippen LogP contribution is 2.38. The van der Waals surface area contributed by atoms with Crippen LogP contribution in [0.2, 0.25) is 10.0 Å². The number of thioether (sulfide) groups is 1. The van der Waals surface area contributed by atoms with Gasteiger partial charge in [0.1, 0.15) is 6.10 Å². The van der Waals surface area contributed by atoms with Crippen molar-refractivity contribution in [2.24, 2.45) is 5.92 Å². The Morgan fingerprint density at radius 3 is 2.48 bits per heavy atom. The fourth-order valence-corrected chi connectivity index (χ4v) is 6.32. The number of carbonyl (C=O) groups is 2. The highest BCUT2D eigenvalue weighted by molar-refractivity contribution is 8.00. The van der Waals surface area contributed by atoms with E-state index in [0.29, 0.717) is 41.5 Å². The molecule has 7 nitrogen and oxygen atoms in total. The number of rotatable bonds is 12. The van der Waals surface area contributed by atoms with Gasteiger partial charge in [0.05, 0.1) is 28.4 Å². The average molecular weight is 638 g/mol. The molecular weight excluding hydrogens is 609 g/mol. The third-order valence-corrected chi connectivity index (χ3v) is 8.83. The maximum absolute atomic E-state index is 13.4. The minimum atomic E-state index is -3.03. The van der Waals surface area contributed by atoms with E-state index >= 15 is 0 Å². The average Bonchev–Trinajstić information content (AvgIpc) is 3.70. The Morgan fingerprint density at radius 2 is 1.79 bits per heavy atom. The van der Waals surface area contributed by atoms with Gasteiger partial charge in [-0.2, -0.15) is 8.78 Å². The van der Waals surface area contributed by atoms with Crippen LogP contribution in [0.1, 0.15) is 46.9 Å². The molecule has 5 rings (SSSR count). The lowest BCUT2D eigenvalue weighted by Gasteiger charge is -2.25. The van der Waals surface area contributed by atoms with Gasteiger partial charge < -0.3 is 19.1 Å². The molecule has 0 spiro atoms. The second-order valence-electron chi connectivity index (χ2n) is 10.00. The van der Waals surface area contributed by atoms with Gasteiger partial charge in [-0.15, -0.1) is 11.8 Å². The highest BCUT2D eigenvalue weighted by Gasteiger charge is 2.33. The largest absolute Gasteiger partial charge is 0.489 e. The molecule has 2 fully saturated rings. The lowest BCUT2D eigenvalue weighted by molar-refractivity contribution is -0.149. The van der Waals surface area contributed by atoms with E-state index in [4.69, 9.17) is 32.7 Å². The van der Waals surface area contributed by atoms with Gasteiger partial charge in [0, 0.05) is 36.7 Å². The van der Waals surface area contributed by atoms with E-state index < -0.39 is 24.1 Å². The van der Waals surface area contributed by atoms with Crippen molar-refractivity contribution in [2.45, 2.75) is 43.8 Å². The first-order chi connectivity index (χ1) is 20.3. The quantitative estimate of drug-likeness (QED) is 0.194. The molecule has 0 radical (unpaired) electrons.